The third-order valence-electron chi connectivity index (χ3n) is 3.48. The minimum atomic E-state index is -0.959. The van der Waals surface area contributed by atoms with Crippen molar-refractivity contribution in [2.45, 2.75) is 64.1 Å². The Morgan fingerprint density at radius 1 is 1.27 bits per heavy atom. The van der Waals surface area contributed by atoms with Crippen LogP contribution in [-0.4, -0.2) is 47.5 Å². The maximum absolute atomic E-state index is 12.3. The van der Waals surface area contributed by atoms with Crippen LogP contribution in [-0.2, 0) is 23.9 Å². The average Bonchev–Trinajstić information content (AvgIpc) is 2.85. The molecule has 22 heavy (non-hydrogen) atoms. The van der Waals surface area contributed by atoms with Crippen molar-refractivity contribution in [3.8, 4) is 0 Å². The van der Waals surface area contributed by atoms with Crippen molar-refractivity contribution in [2.75, 3.05) is 7.11 Å². The number of rotatable bonds is 4. The number of carbonyl (C=O) groups is 3. The lowest BCUT2D eigenvalue weighted by Crippen LogP contribution is -2.49. The highest BCUT2D eigenvalue weighted by Gasteiger charge is 2.44. The first-order valence-electron chi connectivity index (χ1n) is 7.45. The number of esters is 2. The normalized spacial score (nSPS) is 21.4. The number of carbonyl (C=O) groups excluding carboxylic acids is 3. The first-order chi connectivity index (χ1) is 10.2. The molecular formula is C16H25NO5. The number of likely N-dealkylation sites (tertiary alicyclic amines) is 1. The number of hydrogen-bond acceptors (Lipinski definition) is 5. The minimum Gasteiger partial charge on any atom is -0.462 e. The molecule has 1 rings (SSSR count). The molecule has 0 aromatic heterocycles. The van der Waals surface area contributed by atoms with Crippen molar-refractivity contribution in [2.24, 2.45) is 0 Å². The van der Waals surface area contributed by atoms with Crippen LogP contribution in [0.4, 0.5) is 0 Å². The number of hydrogen-bond donors (Lipinski definition) is 0. The van der Waals surface area contributed by atoms with E-state index in [1.807, 2.05) is 0 Å². The van der Waals surface area contributed by atoms with E-state index in [1.54, 1.807) is 26.8 Å². The molecule has 1 fully saturated rings. The Balaban J connectivity index is 2.95. The van der Waals surface area contributed by atoms with Gasteiger partial charge in [-0.3, -0.25) is 4.79 Å². The summed E-state index contributed by atoms with van der Waals surface area (Å²) < 4.78 is 9.87. The molecule has 124 valence electrons. The van der Waals surface area contributed by atoms with Gasteiger partial charge >= 0.3 is 17.8 Å². The van der Waals surface area contributed by atoms with Crippen LogP contribution >= 0.6 is 0 Å². The lowest BCUT2D eigenvalue weighted by molar-refractivity contribution is -0.168. The number of amides is 1. The van der Waals surface area contributed by atoms with Gasteiger partial charge in [-0.05, 0) is 46.5 Å². The van der Waals surface area contributed by atoms with E-state index in [-0.39, 0.29) is 6.04 Å². The fourth-order valence-electron chi connectivity index (χ4n) is 2.58. The second-order valence-corrected chi connectivity index (χ2v) is 6.35. The molecular weight excluding hydrogens is 286 g/mol. The van der Waals surface area contributed by atoms with Gasteiger partial charge in [0.2, 0.25) is 0 Å². The van der Waals surface area contributed by atoms with E-state index in [9.17, 15) is 14.4 Å². The Kier molecular flexibility index (Phi) is 6.14. The van der Waals surface area contributed by atoms with Crippen molar-refractivity contribution in [3.05, 3.63) is 12.7 Å². The molecule has 1 amide bonds. The number of methoxy groups -OCH3 is 1. The molecule has 1 heterocycles. The van der Waals surface area contributed by atoms with Gasteiger partial charge in [-0.25, -0.2) is 9.59 Å². The van der Waals surface area contributed by atoms with Gasteiger partial charge in [0.05, 0.1) is 7.11 Å². The topological polar surface area (TPSA) is 72.9 Å². The Hall–Kier alpha value is -1.85. The van der Waals surface area contributed by atoms with Crippen LogP contribution in [0.3, 0.4) is 0 Å². The van der Waals surface area contributed by atoms with E-state index < -0.39 is 29.5 Å². The fourth-order valence-corrected chi connectivity index (χ4v) is 2.58. The summed E-state index contributed by atoms with van der Waals surface area (Å²) in [6.07, 6.45) is 4.25. The van der Waals surface area contributed by atoms with Crippen LogP contribution in [0.2, 0.25) is 0 Å². The van der Waals surface area contributed by atoms with Crippen molar-refractivity contribution in [1.29, 1.82) is 0 Å². The molecule has 0 bridgehead atoms. The SMILES string of the molecule is C=CCC[C@@H]1CC[C@@H](C(=O)OC(C)(C)C)N1C(=O)C(=O)OC. The minimum absolute atomic E-state index is 0.179. The molecule has 0 spiro atoms. The van der Waals surface area contributed by atoms with Crippen LogP contribution < -0.4 is 0 Å². The Labute approximate surface area is 131 Å². The Morgan fingerprint density at radius 2 is 1.91 bits per heavy atom. The third kappa shape index (κ3) is 4.58. The van der Waals surface area contributed by atoms with Crippen LogP contribution in [0.5, 0.6) is 0 Å². The second kappa shape index (κ2) is 7.42. The second-order valence-electron chi connectivity index (χ2n) is 6.35. The lowest BCUT2D eigenvalue weighted by Gasteiger charge is -2.30. The van der Waals surface area contributed by atoms with Gasteiger partial charge in [-0.1, -0.05) is 6.08 Å². The molecule has 1 aliphatic heterocycles. The first-order valence-corrected chi connectivity index (χ1v) is 7.45. The molecule has 0 aromatic carbocycles. The van der Waals surface area contributed by atoms with Crippen LogP contribution in [0.25, 0.3) is 0 Å². The van der Waals surface area contributed by atoms with E-state index in [0.717, 1.165) is 7.11 Å². The molecule has 0 N–H and O–H groups in total. The predicted molar refractivity (Wildman–Crippen MR) is 80.9 cm³/mol. The molecule has 0 saturated carbocycles. The van der Waals surface area contributed by atoms with Crippen LogP contribution in [0, 0.1) is 0 Å². The zero-order chi connectivity index (χ0) is 16.9. The summed E-state index contributed by atoms with van der Waals surface area (Å²) in [5.74, 6) is -2.23. The van der Waals surface area contributed by atoms with Crippen LogP contribution in [0.15, 0.2) is 12.7 Å². The Morgan fingerprint density at radius 3 is 2.41 bits per heavy atom. The molecule has 1 aliphatic rings. The Bertz CT molecular complexity index is 452. The van der Waals surface area contributed by atoms with Crippen molar-refractivity contribution in [1.82, 2.24) is 4.90 Å². The summed E-state index contributed by atoms with van der Waals surface area (Å²) in [6, 6.07) is -0.914. The number of nitrogens with zero attached hydrogens (tertiary/aromatic N) is 1. The van der Waals surface area contributed by atoms with Gasteiger partial charge in [0.15, 0.2) is 0 Å². The fraction of sp³-hybridized carbons (Fsp3) is 0.688. The zero-order valence-corrected chi connectivity index (χ0v) is 13.8. The summed E-state index contributed by atoms with van der Waals surface area (Å²) in [7, 11) is 1.15. The van der Waals surface area contributed by atoms with Crippen molar-refractivity contribution >= 4 is 17.8 Å². The highest BCUT2D eigenvalue weighted by atomic mass is 16.6. The standard InChI is InChI=1S/C16H25NO5/c1-6-7-8-11-9-10-12(14(19)22-16(2,3)4)17(11)13(18)15(20)21-5/h6,11-12H,1,7-10H2,2-5H3/t11-,12+/m1/s1. The zero-order valence-electron chi connectivity index (χ0n) is 13.8. The average molecular weight is 311 g/mol. The molecule has 0 unspecified atom stereocenters. The summed E-state index contributed by atoms with van der Waals surface area (Å²) in [4.78, 5) is 37.5. The van der Waals surface area contributed by atoms with E-state index in [2.05, 4.69) is 11.3 Å². The lowest BCUT2D eigenvalue weighted by atomic mass is 10.1. The van der Waals surface area contributed by atoms with Crippen molar-refractivity contribution in [3.63, 3.8) is 0 Å². The maximum Gasteiger partial charge on any atom is 0.396 e. The largest absolute Gasteiger partial charge is 0.462 e. The molecule has 6 heteroatoms. The van der Waals surface area contributed by atoms with Crippen LogP contribution in [0.1, 0.15) is 46.5 Å². The third-order valence-corrected chi connectivity index (χ3v) is 3.48. The smallest absolute Gasteiger partial charge is 0.396 e. The van der Waals surface area contributed by atoms with E-state index in [4.69, 9.17) is 4.74 Å². The number of allylic oxidation sites excluding steroid dienone is 1. The maximum atomic E-state index is 12.3. The van der Waals surface area contributed by atoms with E-state index >= 15 is 0 Å². The molecule has 1 saturated heterocycles. The summed E-state index contributed by atoms with van der Waals surface area (Å²) in [6.45, 7) is 8.95. The van der Waals surface area contributed by atoms with E-state index in [0.29, 0.717) is 25.7 Å². The summed E-state index contributed by atoms with van der Waals surface area (Å²) >= 11 is 0. The molecule has 2 atom stereocenters. The van der Waals surface area contributed by atoms with Gasteiger partial charge < -0.3 is 14.4 Å². The number of ether oxygens (including phenoxy) is 2. The van der Waals surface area contributed by atoms with Gasteiger partial charge in [0.25, 0.3) is 0 Å². The van der Waals surface area contributed by atoms with E-state index in [1.165, 1.54) is 4.90 Å². The molecule has 0 radical (unpaired) electrons. The van der Waals surface area contributed by atoms with Gasteiger partial charge in [0.1, 0.15) is 11.6 Å². The molecule has 0 aliphatic carbocycles. The quantitative estimate of drug-likeness (QED) is 0.450. The highest BCUT2D eigenvalue weighted by molar-refractivity contribution is 6.32. The summed E-state index contributed by atoms with van der Waals surface area (Å²) in [5, 5.41) is 0. The highest BCUT2D eigenvalue weighted by Crippen LogP contribution is 2.29. The van der Waals surface area contributed by atoms with Gasteiger partial charge in [-0.15, -0.1) is 6.58 Å². The van der Waals surface area contributed by atoms with Crippen molar-refractivity contribution < 1.29 is 23.9 Å². The monoisotopic (exact) mass is 311 g/mol. The molecule has 6 nitrogen and oxygen atoms in total. The summed E-state index contributed by atoms with van der Waals surface area (Å²) in [5.41, 5.74) is -0.643. The van der Waals surface area contributed by atoms with Gasteiger partial charge in [-0.2, -0.15) is 0 Å². The first kappa shape index (κ1) is 18.2. The van der Waals surface area contributed by atoms with Gasteiger partial charge in [0, 0.05) is 6.04 Å². The predicted octanol–water partition coefficient (Wildman–Crippen LogP) is 1.83. The molecule has 0 aromatic rings.